The predicted octanol–water partition coefficient (Wildman–Crippen LogP) is 2.59. The molecule has 2 heterocycles. The molecule has 3 atom stereocenters. The van der Waals surface area contributed by atoms with Crippen LogP contribution in [0, 0.1) is 11.8 Å². The largest absolute Gasteiger partial charge is 0.480 e. The number of aliphatic carboxylic acids is 1. The van der Waals surface area contributed by atoms with Gasteiger partial charge in [-0.1, -0.05) is 20.3 Å². The number of nitrogens with zero attached hydrogens (tertiary/aromatic N) is 2. The number of rotatable bonds is 3. The normalized spacial score (nSPS) is 28.1. The fourth-order valence-corrected chi connectivity index (χ4v) is 4.44. The van der Waals surface area contributed by atoms with Gasteiger partial charge >= 0.3 is 5.97 Å². The van der Waals surface area contributed by atoms with Gasteiger partial charge in [-0.05, 0) is 24.7 Å². The molecular weight excluding hydrogens is 288 g/mol. The Kier molecular flexibility index (Phi) is 3.73. The van der Waals surface area contributed by atoms with E-state index in [0.717, 1.165) is 24.3 Å². The molecule has 3 unspecified atom stereocenters. The zero-order valence-corrected chi connectivity index (χ0v) is 13.1. The van der Waals surface area contributed by atoms with Crippen molar-refractivity contribution in [2.45, 2.75) is 45.1 Å². The number of carbonyl (C=O) groups is 2. The number of carboxylic acids is 1. The summed E-state index contributed by atoms with van der Waals surface area (Å²) < 4.78 is 0. The first-order valence-corrected chi connectivity index (χ1v) is 8.36. The molecule has 1 aromatic rings. The highest BCUT2D eigenvalue weighted by molar-refractivity contribution is 7.09. The molecule has 0 bridgehead atoms. The molecule has 0 spiro atoms. The summed E-state index contributed by atoms with van der Waals surface area (Å²) in [5, 5.41) is 12.2. The number of likely N-dealkylation sites (tertiary alicyclic amines) is 1. The zero-order valence-electron chi connectivity index (χ0n) is 12.3. The van der Waals surface area contributed by atoms with Crippen molar-refractivity contribution in [3.63, 3.8) is 0 Å². The van der Waals surface area contributed by atoms with Crippen molar-refractivity contribution < 1.29 is 14.7 Å². The number of thiazole rings is 1. The summed E-state index contributed by atoms with van der Waals surface area (Å²) in [7, 11) is 0. The van der Waals surface area contributed by atoms with Gasteiger partial charge in [0.1, 0.15) is 11.7 Å². The highest BCUT2D eigenvalue weighted by atomic mass is 32.1. The van der Waals surface area contributed by atoms with Gasteiger partial charge in [0.25, 0.3) is 5.91 Å². The molecule has 21 heavy (non-hydrogen) atoms. The topological polar surface area (TPSA) is 70.5 Å². The van der Waals surface area contributed by atoms with Crippen molar-refractivity contribution in [1.29, 1.82) is 0 Å². The first kappa shape index (κ1) is 14.5. The number of hydrogen-bond donors (Lipinski definition) is 1. The number of aromatic nitrogens is 1. The van der Waals surface area contributed by atoms with Crippen LogP contribution in [0.2, 0.25) is 0 Å². The smallest absolute Gasteiger partial charge is 0.326 e. The van der Waals surface area contributed by atoms with Crippen molar-refractivity contribution in [3.05, 3.63) is 16.1 Å². The van der Waals surface area contributed by atoms with E-state index in [4.69, 9.17) is 0 Å². The maximum absolute atomic E-state index is 12.6. The molecule has 1 N–H and O–H groups in total. The minimum atomic E-state index is -0.878. The Balaban J connectivity index is 1.84. The minimum absolute atomic E-state index is 0.120. The van der Waals surface area contributed by atoms with Gasteiger partial charge in [-0.15, -0.1) is 11.3 Å². The lowest BCUT2D eigenvalue weighted by molar-refractivity contribution is -0.142. The Morgan fingerprint density at radius 1 is 1.43 bits per heavy atom. The fourth-order valence-electron chi connectivity index (χ4n) is 3.63. The van der Waals surface area contributed by atoms with E-state index in [1.807, 2.05) is 13.8 Å². The summed E-state index contributed by atoms with van der Waals surface area (Å²) in [4.78, 5) is 30.1. The van der Waals surface area contributed by atoms with E-state index in [-0.39, 0.29) is 17.7 Å². The molecule has 1 saturated heterocycles. The summed E-state index contributed by atoms with van der Waals surface area (Å²) in [5.74, 6) is -0.352. The van der Waals surface area contributed by atoms with E-state index in [1.54, 1.807) is 5.38 Å². The second-order valence-corrected chi connectivity index (χ2v) is 7.21. The maximum atomic E-state index is 12.6. The number of hydrogen-bond acceptors (Lipinski definition) is 4. The van der Waals surface area contributed by atoms with Crippen LogP contribution in [0.3, 0.4) is 0 Å². The van der Waals surface area contributed by atoms with E-state index >= 15 is 0 Å². The molecular formula is C15H20N2O3S. The summed E-state index contributed by atoms with van der Waals surface area (Å²) in [6, 6.07) is -0.672. The molecule has 114 valence electrons. The standard InChI is InChI=1S/C15H20N2O3S/c1-8(2)13-16-11(7-21-13)14(18)17-6-9-4-3-5-10(9)12(17)15(19)20/h7-10,12H,3-6H2,1-2H3,(H,19,20). The second-order valence-electron chi connectivity index (χ2n) is 6.32. The Morgan fingerprint density at radius 3 is 2.81 bits per heavy atom. The molecule has 6 heteroatoms. The maximum Gasteiger partial charge on any atom is 0.326 e. The molecule has 0 aromatic carbocycles. The molecule has 1 amide bonds. The number of fused-ring (bicyclic) bond motifs is 1. The van der Waals surface area contributed by atoms with Gasteiger partial charge in [-0.2, -0.15) is 0 Å². The Bertz CT molecular complexity index is 569. The lowest BCUT2D eigenvalue weighted by atomic mass is 9.94. The summed E-state index contributed by atoms with van der Waals surface area (Å²) in [5.41, 5.74) is 0.398. The lowest BCUT2D eigenvalue weighted by Gasteiger charge is -2.23. The van der Waals surface area contributed by atoms with Crippen molar-refractivity contribution in [2.24, 2.45) is 11.8 Å². The van der Waals surface area contributed by atoms with Crippen LogP contribution in [0.4, 0.5) is 0 Å². The van der Waals surface area contributed by atoms with Crippen molar-refractivity contribution in [3.8, 4) is 0 Å². The van der Waals surface area contributed by atoms with E-state index in [2.05, 4.69) is 4.98 Å². The third kappa shape index (κ3) is 2.46. The zero-order chi connectivity index (χ0) is 15.1. The highest BCUT2D eigenvalue weighted by Crippen LogP contribution is 2.42. The highest BCUT2D eigenvalue weighted by Gasteiger charge is 2.49. The molecule has 1 aliphatic carbocycles. The van der Waals surface area contributed by atoms with Gasteiger partial charge < -0.3 is 10.0 Å². The molecule has 1 aromatic heterocycles. The molecule has 2 fully saturated rings. The third-order valence-corrected chi connectivity index (χ3v) is 5.78. The number of amides is 1. The molecule has 5 nitrogen and oxygen atoms in total. The van der Waals surface area contributed by atoms with Crippen LogP contribution in [0.5, 0.6) is 0 Å². The van der Waals surface area contributed by atoms with Gasteiger partial charge in [0.05, 0.1) is 5.01 Å². The fraction of sp³-hybridized carbons (Fsp3) is 0.667. The molecule has 3 rings (SSSR count). The molecule has 0 radical (unpaired) electrons. The van der Waals surface area contributed by atoms with Crippen molar-refractivity contribution >= 4 is 23.2 Å². The Hall–Kier alpha value is -1.43. The van der Waals surface area contributed by atoms with E-state index < -0.39 is 12.0 Å². The van der Waals surface area contributed by atoms with E-state index in [1.165, 1.54) is 16.2 Å². The van der Waals surface area contributed by atoms with E-state index in [9.17, 15) is 14.7 Å². The van der Waals surface area contributed by atoms with Crippen molar-refractivity contribution in [2.75, 3.05) is 6.54 Å². The minimum Gasteiger partial charge on any atom is -0.480 e. The van der Waals surface area contributed by atoms with Crippen LogP contribution in [0.1, 0.15) is 54.5 Å². The van der Waals surface area contributed by atoms with Gasteiger partial charge in [0.2, 0.25) is 0 Å². The first-order chi connectivity index (χ1) is 9.99. The molecule has 2 aliphatic rings. The van der Waals surface area contributed by atoms with E-state index in [0.29, 0.717) is 18.2 Å². The first-order valence-electron chi connectivity index (χ1n) is 7.48. The van der Waals surface area contributed by atoms with Crippen LogP contribution < -0.4 is 0 Å². The van der Waals surface area contributed by atoms with Crippen LogP contribution in [0.25, 0.3) is 0 Å². The van der Waals surface area contributed by atoms with Crippen LogP contribution in [-0.2, 0) is 4.79 Å². The van der Waals surface area contributed by atoms with Gasteiger partial charge in [0.15, 0.2) is 0 Å². The average Bonchev–Trinajstić information content (AvgIpc) is 3.11. The van der Waals surface area contributed by atoms with Gasteiger partial charge in [-0.25, -0.2) is 9.78 Å². The van der Waals surface area contributed by atoms with Gasteiger partial charge in [-0.3, -0.25) is 4.79 Å². The summed E-state index contributed by atoms with van der Waals surface area (Å²) in [6.07, 6.45) is 3.03. The Labute approximate surface area is 128 Å². The molecule has 1 aliphatic heterocycles. The van der Waals surface area contributed by atoms with Crippen LogP contribution in [-0.4, -0.2) is 39.5 Å². The monoisotopic (exact) mass is 308 g/mol. The quantitative estimate of drug-likeness (QED) is 0.931. The van der Waals surface area contributed by atoms with Crippen molar-refractivity contribution in [1.82, 2.24) is 9.88 Å². The van der Waals surface area contributed by atoms with Crippen LogP contribution in [0.15, 0.2) is 5.38 Å². The predicted molar refractivity (Wildman–Crippen MR) is 79.5 cm³/mol. The second kappa shape index (κ2) is 5.40. The average molecular weight is 308 g/mol. The lowest BCUT2D eigenvalue weighted by Crippen LogP contribution is -2.43. The summed E-state index contributed by atoms with van der Waals surface area (Å²) in [6.45, 7) is 4.63. The number of carbonyl (C=O) groups excluding carboxylic acids is 1. The summed E-state index contributed by atoms with van der Waals surface area (Å²) >= 11 is 1.47. The number of carboxylic acid groups (broad SMARTS) is 1. The molecule has 1 saturated carbocycles. The third-order valence-electron chi connectivity index (χ3n) is 4.64. The van der Waals surface area contributed by atoms with Crippen LogP contribution >= 0.6 is 11.3 Å². The SMILES string of the molecule is CC(C)c1nc(C(=O)N2CC3CCCC3C2C(=O)O)cs1. The van der Waals surface area contributed by atoms with Gasteiger partial charge in [0, 0.05) is 17.8 Å². The Morgan fingerprint density at radius 2 is 2.19 bits per heavy atom.